The lowest BCUT2D eigenvalue weighted by molar-refractivity contribution is -0.207. The van der Waals surface area contributed by atoms with Crippen LogP contribution in [0.1, 0.15) is 11.3 Å². The van der Waals surface area contributed by atoms with Crippen LogP contribution in [0.4, 0.5) is 13.2 Å². The van der Waals surface area contributed by atoms with Gasteiger partial charge in [-0.1, -0.05) is 0 Å². The predicted molar refractivity (Wildman–Crippen MR) is 50.0 cm³/mol. The molecule has 0 saturated heterocycles. The van der Waals surface area contributed by atoms with E-state index in [2.05, 4.69) is 4.98 Å². The normalized spacial score (nSPS) is 13.9. The Morgan fingerprint density at radius 1 is 1.50 bits per heavy atom. The Hall–Kier alpha value is -1.37. The minimum atomic E-state index is -4.74. The van der Waals surface area contributed by atoms with Crippen LogP contribution >= 0.6 is 0 Å². The van der Waals surface area contributed by atoms with E-state index < -0.39 is 24.4 Å². The maximum Gasteiger partial charge on any atom is 0.416 e. The van der Waals surface area contributed by atoms with Crippen molar-refractivity contribution in [3.05, 3.63) is 27.9 Å². The van der Waals surface area contributed by atoms with Gasteiger partial charge in [0, 0.05) is 11.3 Å². The van der Waals surface area contributed by atoms with Crippen LogP contribution in [0.2, 0.25) is 0 Å². The van der Waals surface area contributed by atoms with Gasteiger partial charge in [0.2, 0.25) is 0 Å². The molecule has 16 heavy (non-hydrogen) atoms. The number of aryl methyl sites for hydroxylation is 1. The molecule has 0 aliphatic carbocycles. The molecule has 0 radical (unpaired) electrons. The van der Waals surface area contributed by atoms with Crippen molar-refractivity contribution in [2.75, 3.05) is 0 Å². The molecule has 7 heteroatoms. The first-order valence-electron chi connectivity index (χ1n) is 4.51. The van der Waals surface area contributed by atoms with Gasteiger partial charge in [-0.25, -0.2) is 4.98 Å². The Morgan fingerprint density at radius 2 is 2.06 bits per heavy atom. The van der Waals surface area contributed by atoms with Crippen LogP contribution in [0.25, 0.3) is 0 Å². The lowest BCUT2D eigenvalue weighted by Gasteiger charge is -2.15. The second kappa shape index (κ2) is 4.25. The quantitative estimate of drug-likeness (QED) is 0.825. The molecule has 1 N–H and O–H groups in total. The molecule has 90 valence electrons. The highest BCUT2D eigenvalue weighted by atomic mass is 19.4. The Bertz CT molecular complexity index is 439. The van der Waals surface area contributed by atoms with Crippen molar-refractivity contribution in [1.29, 1.82) is 0 Å². The van der Waals surface area contributed by atoms with Crippen molar-refractivity contribution in [3.8, 4) is 0 Å². The lowest BCUT2D eigenvalue weighted by Crippen LogP contribution is -2.37. The van der Waals surface area contributed by atoms with E-state index in [-0.39, 0.29) is 5.56 Å². The Labute approximate surface area is 89.4 Å². The van der Waals surface area contributed by atoms with Gasteiger partial charge in [-0.3, -0.25) is 9.36 Å². The molecule has 0 bridgehead atoms. The first kappa shape index (κ1) is 12.7. The van der Waals surface area contributed by atoms with E-state index in [1.807, 2.05) is 0 Å². The average molecular weight is 236 g/mol. The van der Waals surface area contributed by atoms with Crippen molar-refractivity contribution >= 4 is 0 Å². The number of nitrogens with zero attached hydrogens (tertiary/aromatic N) is 2. The highest BCUT2D eigenvalue weighted by molar-refractivity contribution is 5.12. The lowest BCUT2D eigenvalue weighted by atomic mass is 10.2. The fourth-order valence-electron chi connectivity index (χ4n) is 1.10. The van der Waals surface area contributed by atoms with Crippen LogP contribution in [-0.4, -0.2) is 26.9 Å². The number of rotatable bonds is 2. The maximum atomic E-state index is 12.1. The molecule has 1 aromatic rings. The summed E-state index contributed by atoms with van der Waals surface area (Å²) in [5, 5.41) is 8.81. The summed E-state index contributed by atoms with van der Waals surface area (Å²) in [5.41, 5.74) is 0.162. The number of aromatic nitrogens is 2. The fourth-order valence-corrected chi connectivity index (χ4v) is 1.10. The van der Waals surface area contributed by atoms with E-state index in [0.717, 1.165) is 10.9 Å². The van der Waals surface area contributed by atoms with Crippen molar-refractivity contribution in [1.82, 2.24) is 9.55 Å². The van der Waals surface area contributed by atoms with E-state index in [9.17, 15) is 18.0 Å². The fraction of sp³-hybridized carbons (Fsp3) is 0.556. The van der Waals surface area contributed by atoms with Gasteiger partial charge in [0.25, 0.3) is 5.56 Å². The van der Waals surface area contributed by atoms with Gasteiger partial charge in [-0.15, -0.1) is 0 Å². The summed E-state index contributed by atoms with van der Waals surface area (Å²) in [4.78, 5) is 15.3. The highest BCUT2D eigenvalue weighted by Gasteiger charge is 2.38. The van der Waals surface area contributed by atoms with Crippen LogP contribution < -0.4 is 5.56 Å². The first-order valence-corrected chi connectivity index (χ1v) is 4.51. The minimum Gasteiger partial charge on any atom is -0.382 e. The summed E-state index contributed by atoms with van der Waals surface area (Å²) in [6, 6.07) is 0. The zero-order chi connectivity index (χ0) is 12.5. The zero-order valence-electron chi connectivity index (χ0n) is 8.75. The predicted octanol–water partition coefficient (Wildman–Crippen LogP) is 0.783. The maximum absolute atomic E-state index is 12.1. The second-order valence-corrected chi connectivity index (χ2v) is 3.47. The van der Waals surface area contributed by atoms with Crippen LogP contribution in [0.15, 0.2) is 11.1 Å². The number of aliphatic hydroxyl groups is 1. The largest absolute Gasteiger partial charge is 0.416 e. The Kier molecular flexibility index (Phi) is 3.37. The third-order valence-electron chi connectivity index (χ3n) is 2.26. The van der Waals surface area contributed by atoms with Crippen molar-refractivity contribution in [2.24, 2.45) is 0 Å². The van der Waals surface area contributed by atoms with Gasteiger partial charge < -0.3 is 5.11 Å². The van der Waals surface area contributed by atoms with Crippen molar-refractivity contribution in [2.45, 2.75) is 32.7 Å². The van der Waals surface area contributed by atoms with E-state index in [1.54, 1.807) is 6.92 Å². The van der Waals surface area contributed by atoms with Crippen LogP contribution in [0.3, 0.4) is 0 Å². The number of hydrogen-bond acceptors (Lipinski definition) is 3. The van der Waals surface area contributed by atoms with Crippen LogP contribution in [0, 0.1) is 13.8 Å². The molecule has 0 amide bonds. The van der Waals surface area contributed by atoms with E-state index >= 15 is 0 Å². The topological polar surface area (TPSA) is 55.1 Å². The van der Waals surface area contributed by atoms with E-state index in [0.29, 0.717) is 5.69 Å². The number of halogens is 3. The summed E-state index contributed by atoms with van der Waals surface area (Å²) < 4.78 is 36.9. The third-order valence-corrected chi connectivity index (χ3v) is 2.26. The zero-order valence-corrected chi connectivity index (χ0v) is 8.75. The van der Waals surface area contributed by atoms with Crippen molar-refractivity contribution in [3.63, 3.8) is 0 Å². The monoisotopic (exact) mass is 236 g/mol. The molecule has 4 nitrogen and oxygen atoms in total. The summed E-state index contributed by atoms with van der Waals surface area (Å²) in [5.74, 6) is 0. The highest BCUT2D eigenvalue weighted by Crippen LogP contribution is 2.20. The smallest absolute Gasteiger partial charge is 0.382 e. The number of hydrogen-bond donors (Lipinski definition) is 1. The van der Waals surface area contributed by atoms with Gasteiger partial charge in [0.05, 0.1) is 12.9 Å². The summed E-state index contributed by atoms with van der Waals surface area (Å²) in [7, 11) is 0. The van der Waals surface area contributed by atoms with Gasteiger partial charge in [0.1, 0.15) is 0 Å². The number of aliphatic hydroxyl groups excluding tert-OH is 1. The third kappa shape index (κ3) is 2.60. The van der Waals surface area contributed by atoms with Crippen molar-refractivity contribution < 1.29 is 18.3 Å². The second-order valence-electron chi connectivity index (χ2n) is 3.47. The molecule has 1 heterocycles. The van der Waals surface area contributed by atoms with Crippen LogP contribution in [-0.2, 0) is 6.54 Å². The Balaban J connectivity index is 3.00. The molecule has 1 atom stereocenters. The molecule has 0 saturated carbocycles. The first-order chi connectivity index (χ1) is 7.23. The molecule has 0 aliphatic heterocycles. The molecular formula is C9H11F3N2O2. The standard InChI is InChI=1S/C9H11F3N2O2/c1-5-6(2)13-4-14(8(5)16)3-7(15)9(10,11)12/h4,7,15H,3H2,1-2H3/t7-/m0/s1. The Morgan fingerprint density at radius 3 is 2.56 bits per heavy atom. The van der Waals surface area contributed by atoms with Gasteiger partial charge in [-0.2, -0.15) is 13.2 Å². The van der Waals surface area contributed by atoms with Gasteiger partial charge >= 0.3 is 6.18 Å². The molecule has 0 unspecified atom stereocenters. The summed E-state index contributed by atoms with van der Waals surface area (Å²) in [6.45, 7) is 2.22. The average Bonchev–Trinajstić information content (AvgIpc) is 2.17. The van der Waals surface area contributed by atoms with E-state index in [4.69, 9.17) is 5.11 Å². The molecule has 0 aliphatic rings. The van der Waals surface area contributed by atoms with Gasteiger partial charge in [-0.05, 0) is 13.8 Å². The molecule has 0 spiro atoms. The summed E-state index contributed by atoms with van der Waals surface area (Å²) >= 11 is 0. The molecule has 1 aromatic heterocycles. The SMILES string of the molecule is Cc1ncn(C[C@H](O)C(F)(F)F)c(=O)c1C. The molecule has 0 aromatic carbocycles. The summed E-state index contributed by atoms with van der Waals surface area (Å²) in [6.07, 6.45) is -6.30. The minimum absolute atomic E-state index is 0.275. The molecule has 0 fully saturated rings. The van der Waals surface area contributed by atoms with E-state index in [1.165, 1.54) is 6.92 Å². The number of alkyl halides is 3. The molecule has 1 rings (SSSR count). The van der Waals surface area contributed by atoms with Gasteiger partial charge in [0.15, 0.2) is 6.10 Å². The molecular weight excluding hydrogens is 225 g/mol. The van der Waals surface area contributed by atoms with Crippen LogP contribution in [0.5, 0.6) is 0 Å².